The third-order valence-electron chi connectivity index (χ3n) is 4.89. The van der Waals surface area contributed by atoms with Crippen LogP contribution in [0.25, 0.3) is 11.3 Å². The van der Waals surface area contributed by atoms with Crippen LogP contribution >= 0.6 is 0 Å². The Labute approximate surface area is 187 Å². The first-order chi connectivity index (χ1) is 15.9. The average molecular weight is 450 g/mol. The Kier molecular flexibility index (Phi) is 6.00. The maximum atomic E-state index is 12.9. The van der Waals surface area contributed by atoms with Gasteiger partial charge >= 0.3 is 12.2 Å². The van der Waals surface area contributed by atoms with E-state index in [1.165, 1.54) is 24.5 Å². The van der Waals surface area contributed by atoms with Gasteiger partial charge in [0.15, 0.2) is 5.76 Å². The number of halogens is 3. The fraction of sp³-hybridized carbons (Fsp3) is 0.125. The SMILES string of the molecule is COc1ccc(CN(c2ccc(C#N)nc2)c2ncc(-c3ccc(C(F)(F)F)cc3)o2)cc1. The maximum Gasteiger partial charge on any atom is 0.416 e. The highest BCUT2D eigenvalue weighted by Gasteiger charge is 2.30. The molecule has 0 unspecified atom stereocenters. The monoisotopic (exact) mass is 450 g/mol. The van der Waals surface area contributed by atoms with E-state index in [-0.39, 0.29) is 11.7 Å². The normalized spacial score (nSPS) is 11.1. The third-order valence-corrected chi connectivity index (χ3v) is 4.89. The van der Waals surface area contributed by atoms with Crippen LogP contribution in [0.1, 0.15) is 16.8 Å². The van der Waals surface area contributed by atoms with Gasteiger partial charge in [0.25, 0.3) is 0 Å². The fourth-order valence-corrected chi connectivity index (χ4v) is 3.14. The lowest BCUT2D eigenvalue weighted by Crippen LogP contribution is -2.17. The van der Waals surface area contributed by atoms with Crippen molar-refractivity contribution >= 4 is 11.7 Å². The molecule has 0 fully saturated rings. The molecule has 2 aromatic carbocycles. The first-order valence-corrected chi connectivity index (χ1v) is 9.77. The van der Waals surface area contributed by atoms with Crippen molar-refractivity contribution < 1.29 is 22.3 Å². The lowest BCUT2D eigenvalue weighted by atomic mass is 10.1. The third kappa shape index (κ3) is 4.96. The molecule has 0 radical (unpaired) electrons. The summed E-state index contributed by atoms with van der Waals surface area (Å²) in [4.78, 5) is 10.2. The van der Waals surface area contributed by atoms with Gasteiger partial charge in [0.2, 0.25) is 0 Å². The highest BCUT2D eigenvalue weighted by atomic mass is 19.4. The Morgan fingerprint density at radius 3 is 2.27 bits per heavy atom. The molecule has 0 N–H and O–H groups in total. The molecule has 0 atom stereocenters. The zero-order valence-corrected chi connectivity index (χ0v) is 17.4. The molecule has 6 nitrogen and oxygen atoms in total. The summed E-state index contributed by atoms with van der Waals surface area (Å²) < 4.78 is 49.7. The molecule has 2 aromatic heterocycles. The minimum Gasteiger partial charge on any atom is -0.497 e. The van der Waals surface area contributed by atoms with Crippen LogP contribution in [-0.2, 0) is 12.7 Å². The second-order valence-corrected chi connectivity index (χ2v) is 7.03. The minimum absolute atomic E-state index is 0.229. The summed E-state index contributed by atoms with van der Waals surface area (Å²) in [6.45, 7) is 0.366. The van der Waals surface area contributed by atoms with Crippen molar-refractivity contribution in [1.29, 1.82) is 5.26 Å². The Morgan fingerprint density at radius 2 is 1.70 bits per heavy atom. The smallest absolute Gasteiger partial charge is 0.416 e. The summed E-state index contributed by atoms with van der Waals surface area (Å²) >= 11 is 0. The van der Waals surface area contributed by atoms with E-state index in [9.17, 15) is 13.2 Å². The summed E-state index contributed by atoms with van der Waals surface area (Å²) in [5.41, 5.74) is 1.54. The van der Waals surface area contributed by atoms with Gasteiger partial charge in [0.05, 0.1) is 37.3 Å². The highest BCUT2D eigenvalue weighted by molar-refractivity contribution is 5.61. The van der Waals surface area contributed by atoms with E-state index in [2.05, 4.69) is 9.97 Å². The van der Waals surface area contributed by atoms with E-state index < -0.39 is 11.7 Å². The van der Waals surface area contributed by atoms with Crippen LogP contribution in [-0.4, -0.2) is 17.1 Å². The van der Waals surface area contributed by atoms with Crippen molar-refractivity contribution in [3.8, 4) is 23.1 Å². The quantitative estimate of drug-likeness (QED) is 0.360. The molecule has 166 valence electrons. The number of benzene rings is 2. The predicted octanol–water partition coefficient (Wildman–Crippen LogP) is 5.97. The van der Waals surface area contributed by atoms with E-state index in [0.717, 1.165) is 17.7 Å². The number of ether oxygens (including phenoxy) is 1. The maximum absolute atomic E-state index is 12.9. The first kappa shape index (κ1) is 21.9. The second kappa shape index (κ2) is 9.04. The summed E-state index contributed by atoms with van der Waals surface area (Å²) in [5, 5.41) is 9.03. The number of pyridine rings is 1. The van der Waals surface area contributed by atoms with Gasteiger partial charge in [-0.25, -0.2) is 9.97 Å². The predicted molar refractivity (Wildman–Crippen MR) is 115 cm³/mol. The fourth-order valence-electron chi connectivity index (χ4n) is 3.14. The summed E-state index contributed by atoms with van der Waals surface area (Å²) in [6.07, 6.45) is -1.43. The first-order valence-electron chi connectivity index (χ1n) is 9.77. The molecule has 0 aliphatic carbocycles. The Balaban J connectivity index is 1.66. The lowest BCUT2D eigenvalue weighted by Gasteiger charge is -2.20. The molecule has 0 aliphatic rings. The van der Waals surface area contributed by atoms with Crippen LogP contribution in [0.2, 0.25) is 0 Å². The standard InChI is InChI=1S/C24H17F3N4O2/c1-32-21-10-2-16(3-11-21)15-31(20-9-8-19(12-28)29-13-20)23-30-14-22(33-23)17-4-6-18(7-5-17)24(25,26)27/h2-11,13-14H,15H2,1H3. The van der Waals surface area contributed by atoms with Gasteiger partial charge in [-0.1, -0.05) is 24.3 Å². The number of alkyl halides is 3. The molecule has 2 heterocycles. The molecule has 0 amide bonds. The average Bonchev–Trinajstić information content (AvgIpc) is 3.32. The van der Waals surface area contributed by atoms with Gasteiger partial charge in [0.1, 0.15) is 17.5 Å². The van der Waals surface area contributed by atoms with Crippen LogP contribution in [0, 0.1) is 11.3 Å². The summed E-state index contributed by atoms with van der Waals surface area (Å²) in [5.74, 6) is 1.03. The van der Waals surface area contributed by atoms with Gasteiger partial charge in [-0.15, -0.1) is 0 Å². The number of nitrogens with zero attached hydrogens (tertiary/aromatic N) is 4. The molecule has 0 saturated carbocycles. The van der Waals surface area contributed by atoms with E-state index >= 15 is 0 Å². The van der Waals surface area contributed by atoms with E-state index in [0.29, 0.717) is 29.3 Å². The number of oxazole rings is 1. The number of aromatic nitrogens is 2. The number of rotatable bonds is 6. The van der Waals surface area contributed by atoms with E-state index in [1.54, 1.807) is 24.1 Å². The zero-order valence-electron chi connectivity index (χ0n) is 17.4. The highest BCUT2D eigenvalue weighted by Crippen LogP contribution is 2.33. The molecule has 4 rings (SSSR count). The topological polar surface area (TPSA) is 75.2 Å². The molecule has 0 aliphatic heterocycles. The molecule has 0 bridgehead atoms. The van der Waals surface area contributed by atoms with Crippen molar-refractivity contribution in [3.05, 3.63) is 89.9 Å². The van der Waals surface area contributed by atoms with Gasteiger partial charge in [-0.2, -0.15) is 18.4 Å². The minimum atomic E-state index is -4.41. The molecular weight excluding hydrogens is 433 g/mol. The van der Waals surface area contributed by atoms with Gasteiger partial charge in [-0.3, -0.25) is 4.90 Å². The lowest BCUT2D eigenvalue weighted by molar-refractivity contribution is -0.137. The van der Waals surface area contributed by atoms with Gasteiger partial charge in [-0.05, 0) is 42.0 Å². The number of anilines is 2. The number of hydrogen-bond donors (Lipinski definition) is 0. The van der Waals surface area contributed by atoms with Crippen molar-refractivity contribution in [2.24, 2.45) is 0 Å². The van der Waals surface area contributed by atoms with Crippen molar-refractivity contribution in [2.75, 3.05) is 12.0 Å². The zero-order chi connectivity index (χ0) is 23.4. The molecule has 33 heavy (non-hydrogen) atoms. The molecule has 9 heteroatoms. The van der Waals surface area contributed by atoms with Crippen LogP contribution < -0.4 is 9.64 Å². The molecular formula is C24H17F3N4O2. The molecule has 0 saturated heterocycles. The Bertz CT molecular complexity index is 1260. The van der Waals surface area contributed by atoms with Gasteiger partial charge < -0.3 is 9.15 Å². The van der Waals surface area contributed by atoms with Crippen LogP contribution in [0.5, 0.6) is 5.75 Å². The van der Waals surface area contributed by atoms with Crippen LogP contribution in [0.3, 0.4) is 0 Å². The molecule has 4 aromatic rings. The number of methoxy groups -OCH3 is 1. The van der Waals surface area contributed by atoms with Gasteiger partial charge in [0, 0.05) is 5.56 Å². The van der Waals surface area contributed by atoms with Crippen LogP contribution in [0.15, 0.2) is 77.5 Å². The van der Waals surface area contributed by atoms with Crippen molar-refractivity contribution in [3.63, 3.8) is 0 Å². The Hall–Kier alpha value is -4.32. The van der Waals surface area contributed by atoms with Crippen LogP contribution in [0.4, 0.5) is 24.9 Å². The van der Waals surface area contributed by atoms with E-state index in [4.69, 9.17) is 14.4 Å². The summed E-state index contributed by atoms with van der Waals surface area (Å²) in [6, 6.07) is 17.6. The van der Waals surface area contributed by atoms with Crippen molar-refractivity contribution in [1.82, 2.24) is 9.97 Å². The second-order valence-electron chi connectivity index (χ2n) is 7.03. The molecule has 0 spiro atoms. The van der Waals surface area contributed by atoms with E-state index in [1.807, 2.05) is 30.3 Å². The summed E-state index contributed by atoms with van der Waals surface area (Å²) in [7, 11) is 1.58. The largest absolute Gasteiger partial charge is 0.497 e. The Morgan fingerprint density at radius 1 is 0.970 bits per heavy atom. The van der Waals surface area contributed by atoms with Crippen molar-refractivity contribution in [2.45, 2.75) is 12.7 Å². The number of hydrogen-bond acceptors (Lipinski definition) is 6. The number of nitriles is 1.